The van der Waals surface area contributed by atoms with Crippen LogP contribution in [0.1, 0.15) is 37.7 Å². The molecule has 1 aromatic carbocycles. The third-order valence-corrected chi connectivity index (χ3v) is 6.24. The van der Waals surface area contributed by atoms with Gasteiger partial charge in [-0.25, -0.2) is 4.79 Å². The maximum atomic E-state index is 12.5. The minimum absolute atomic E-state index is 0.0523. The standard InChI is InChI=1S/C20H26N2O4/c23-16-3-1-2-14(10-16)12-21-8-6-20(7-9-21)11-17(19(25)26)22(13-20)18(24)15-4-5-15/h1-3,10,15,17,23H,4-9,11-13H2,(H,25,26)/t17-/m1/s1. The highest BCUT2D eigenvalue weighted by Crippen LogP contribution is 2.45. The molecule has 3 aliphatic rings. The molecule has 1 saturated carbocycles. The number of carboxylic acids is 1. The summed E-state index contributed by atoms with van der Waals surface area (Å²) in [6.45, 7) is 3.18. The summed E-state index contributed by atoms with van der Waals surface area (Å²) in [5.41, 5.74) is 1.03. The van der Waals surface area contributed by atoms with Crippen LogP contribution in [0, 0.1) is 11.3 Å². The number of benzene rings is 1. The molecular weight excluding hydrogens is 332 g/mol. The molecule has 2 N–H and O–H groups in total. The molecule has 140 valence electrons. The van der Waals surface area contributed by atoms with Crippen LogP contribution in [0.2, 0.25) is 0 Å². The van der Waals surface area contributed by atoms with Crippen molar-refractivity contribution in [3.63, 3.8) is 0 Å². The molecule has 2 heterocycles. The number of likely N-dealkylation sites (tertiary alicyclic amines) is 2. The van der Waals surface area contributed by atoms with Crippen LogP contribution in [0.5, 0.6) is 5.75 Å². The van der Waals surface area contributed by atoms with Crippen LogP contribution >= 0.6 is 0 Å². The number of hydrogen-bond acceptors (Lipinski definition) is 4. The van der Waals surface area contributed by atoms with Crippen molar-refractivity contribution < 1.29 is 19.8 Å². The molecular formula is C20H26N2O4. The van der Waals surface area contributed by atoms with E-state index in [2.05, 4.69) is 4.90 Å². The first-order valence-corrected chi connectivity index (χ1v) is 9.49. The maximum absolute atomic E-state index is 12.5. The van der Waals surface area contributed by atoms with Gasteiger partial charge in [0.05, 0.1) is 0 Å². The Kier molecular flexibility index (Phi) is 4.39. The van der Waals surface area contributed by atoms with Crippen molar-refractivity contribution >= 4 is 11.9 Å². The fourth-order valence-corrected chi connectivity index (χ4v) is 4.53. The van der Waals surface area contributed by atoms with Gasteiger partial charge in [0, 0.05) is 19.0 Å². The number of phenols is 1. The molecule has 2 aliphatic heterocycles. The van der Waals surface area contributed by atoms with E-state index in [4.69, 9.17) is 0 Å². The Balaban J connectivity index is 1.39. The SMILES string of the molecule is O=C(O)[C@H]1CC2(CCN(Cc3cccc(O)c3)CC2)CN1C(=O)C1CC1. The first kappa shape index (κ1) is 17.3. The molecule has 0 bridgehead atoms. The van der Waals surface area contributed by atoms with E-state index in [1.54, 1.807) is 17.0 Å². The first-order chi connectivity index (χ1) is 12.5. The van der Waals surface area contributed by atoms with E-state index in [1.165, 1.54) is 0 Å². The van der Waals surface area contributed by atoms with E-state index in [0.717, 1.165) is 50.9 Å². The monoisotopic (exact) mass is 358 g/mol. The maximum Gasteiger partial charge on any atom is 0.326 e. The smallest absolute Gasteiger partial charge is 0.326 e. The molecule has 1 atom stereocenters. The fraction of sp³-hybridized carbons (Fsp3) is 0.600. The van der Waals surface area contributed by atoms with Gasteiger partial charge in [-0.15, -0.1) is 0 Å². The summed E-state index contributed by atoms with van der Waals surface area (Å²) in [5, 5.41) is 19.2. The van der Waals surface area contributed by atoms with Crippen molar-refractivity contribution in [3.05, 3.63) is 29.8 Å². The molecule has 6 nitrogen and oxygen atoms in total. The summed E-state index contributed by atoms with van der Waals surface area (Å²) < 4.78 is 0. The van der Waals surface area contributed by atoms with Crippen LogP contribution in [0.15, 0.2) is 24.3 Å². The number of aliphatic carboxylic acids is 1. The molecule has 2 saturated heterocycles. The molecule has 1 amide bonds. The van der Waals surface area contributed by atoms with Crippen molar-refractivity contribution in [2.24, 2.45) is 11.3 Å². The van der Waals surface area contributed by atoms with Crippen molar-refractivity contribution in [3.8, 4) is 5.75 Å². The van der Waals surface area contributed by atoms with Gasteiger partial charge in [-0.1, -0.05) is 12.1 Å². The van der Waals surface area contributed by atoms with E-state index in [9.17, 15) is 19.8 Å². The van der Waals surface area contributed by atoms with Gasteiger partial charge >= 0.3 is 5.97 Å². The Morgan fingerprint density at radius 2 is 1.92 bits per heavy atom. The van der Waals surface area contributed by atoms with Gasteiger partial charge < -0.3 is 15.1 Å². The van der Waals surface area contributed by atoms with Crippen molar-refractivity contribution in [1.29, 1.82) is 0 Å². The van der Waals surface area contributed by atoms with Gasteiger partial charge in [-0.05, 0) is 68.3 Å². The average Bonchev–Trinajstić information content (AvgIpc) is 3.39. The van der Waals surface area contributed by atoms with Crippen molar-refractivity contribution in [2.75, 3.05) is 19.6 Å². The predicted octanol–water partition coefficient (Wildman–Crippen LogP) is 2.07. The molecule has 1 aliphatic carbocycles. The normalized spacial score (nSPS) is 25.5. The number of carbonyl (C=O) groups excluding carboxylic acids is 1. The predicted molar refractivity (Wildman–Crippen MR) is 95.5 cm³/mol. The lowest BCUT2D eigenvalue weighted by molar-refractivity contribution is -0.148. The summed E-state index contributed by atoms with van der Waals surface area (Å²) >= 11 is 0. The number of nitrogens with zero attached hydrogens (tertiary/aromatic N) is 2. The summed E-state index contributed by atoms with van der Waals surface area (Å²) in [5.74, 6) is -0.460. The number of rotatable bonds is 4. The topological polar surface area (TPSA) is 81.1 Å². The summed E-state index contributed by atoms with van der Waals surface area (Å²) in [4.78, 5) is 28.2. The number of carboxylic acid groups (broad SMARTS) is 1. The van der Waals surface area contributed by atoms with E-state index >= 15 is 0 Å². The first-order valence-electron chi connectivity index (χ1n) is 9.49. The molecule has 26 heavy (non-hydrogen) atoms. The summed E-state index contributed by atoms with van der Waals surface area (Å²) in [7, 11) is 0. The quantitative estimate of drug-likeness (QED) is 0.861. The highest BCUT2D eigenvalue weighted by Gasteiger charge is 2.51. The van der Waals surface area contributed by atoms with Gasteiger partial charge in [0.2, 0.25) is 5.91 Å². The highest BCUT2D eigenvalue weighted by molar-refractivity contribution is 5.87. The van der Waals surface area contributed by atoms with E-state index in [-0.39, 0.29) is 23.0 Å². The zero-order chi connectivity index (χ0) is 18.3. The largest absolute Gasteiger partial charge is 0.508 e. The van der Waals surface area contributed by atoms with Crippen LogP contribution in [-0.4, -0.2) is 57.6 Å². The Bertz CT molecular complexity index is 708. The molecule has 3 fully saturated rings. The van der Waals surface area contributed by atoms with Gasteiger partial charge in [0.1, 0.15) is 11.8 Å². The third kappa shape index (κ3) is 3.43. The molecule has 0 aromatic heterocycles. The number of carbonyl (C=O) groups is 2. The van der Waals surface area contributed by atoms with Crippen molar-refractivity contribution in [1.82, 2.24) is 9.80 Å². The van der Waals surface area contributed by atoms with Crippen LogP contribution in [0.4, 0.5) is 0 Å². The zero-order valence-electron chi connectivity index (χ0n) is 14.9. The number of amides is 1. The van der Waals surface area contributed by atoms with Crippen LogP contribution in [0.3, 0.4) is 0 Å². The number of piperidine rings is 1. The molecule has 0 radical (unpaired) electrons. The Morgan fingerprint density at radius 1 is 1.19 bits per heavy atom. The summed E-state index contributed by atoms with van der Waals surface area (Å²) in [6, 6.07) is 6.67. The Labute approximate surface area is 153 Å². The molecule has 0 unspecified atom stereocenters. The van der Waals surface area contributed by atoms with Gasteiger partial charge in [0.15, 0.2) is 0 Å². The Morgan fingerprint density at radius 3 is 2.54 bits per heavy atom. The van der Waals surface area contributed by atoms with Gasteiger partial charge in [0.25, 0.3) is 0 Å². The van der Waals surface area contributed by atoms with Crippen LogP contribution in [-0.2, 0) is 16.1 Å². The second-order valence-electron chi connectivity index (χ2n) is 8.24. The number of aromatic hydroxyl groups is 1. The highest BCUT2D eigenvalue weighted by atomic mass is 16.4. The van der Waals surface area contributed by atoms with Gasteiger partial charge in [-0.3, -0.25) is 9.69 Å². The minimum atomic E-state index is -0.863. The van der Waals surface area contributed by atoms with E-state index in [0.29, 0.717) is 13.0 Å². The lowest BCUT2D eigenvalue weighted by atomic mass is 9.76. The second kappa shape index (κ2) is 6.58. The second-order valence-corrected chi connectivity index (χ2v) is 8.24. The van der Waals surface area contributed by atoms with Crippen LogP contribution in [0.25, 0.3) is 0 Å². The lowest BCUT2D eigenvalue weighted by Gasteiger charge is -2.39. The zero-order valence-corrected chi connectivity index (χ0v) is 14.9. The van der Waals surface area contributed by atoms with Crippen LogP contribution < -0.4 is 0 Å². The Hall–Kier alpha value is -2.08. The number of hydrogen-bond donors (Lipinski definition) is 2. The average molecular weight is 358 g/mol. The molecule has 1 spiro atoms. The fourth-order valence-electron chi connectivity index (χ4n) is 4.53. The van der Waals surface area contributed by atoms with Crippen molar-refractivity contribution in [2.45, 2.75) is 44.7 Å². The third-order valence-electron chi connectivity index (χ3n) is 6.24. The van der Waals surface area contributed by atoms with E-state index < -0.39 is 12.0 Å². The van der Waals surface area contributed by atoms with Gasteiger partial charge in [-0.2, -0.15) is 0 Å². The molecule has 4 rings (SSSR count). The molecule has 1 aromatic rings. The minimum Gasteiger partial charge on any atom is -0.508 e. The number of phenolic OH excluding ortho intramolecular Hbond substituents is 1. The molecule has 6 heteroatoms. The lowest BCUT2D eigenvalue weighted by Crippen LogP contribution is -2.43. The van der Waals surface area contributed by atoms with E-state index in [1.807, 2.05) is 12.1 Å². The summed E-state index contributed by atoms with van der Waals surface area (Å²) in [6.07, 6.45) is 4.24.